The summed E-state index contributed by atoms with van der Waals surface area (Å²) in [5.41, 5.74) is 1.86. The average molecular weight is 303 g/mol. The molecule has 0 saturated carbocycles. The molecule has 0 unspecified atom stereocenters. The number of ether oxygens (including phenoxy) is 2. The molecule has 2 aromatic rings. The maximum absolute atomic E-state index is 11.2. The molecule has 0 saturated heterocycles. The summed E-state index contributed by atoms with van der Waals surface area (Å²) in [6.45, 7) is 0. The molecule has 0 fully saturated rings. The summed E-state index contributed by atoms with van der Waals surface area (Å²) in [6, 6.07) is 7.13. The third kappa shape index (κ3) is 3.70. The number of nitrogens with zero attached hydrogens (tertiary/aromatic N) is 2. The Hall–Kier alpha value is -2.59. The fourth-order valence-corrected chi connectivity index (χ4v) is 2.37. The first-order chi connectivity index (χ1) is 10.2. The van der Waals surface area contributed by atoms with Gasteiger partial charge < -0.3 is 14.8 Å². The zero-order valence-electron chi connectivity index (χ0n) is 11.5. The highest BCUT2D eigenvalue weighted by atomic mass is 32.1. The number of carbonyl (C=O) groups is 1. The first-order valence-electron chi connectivity index (χ1n) is 6.02. The van der Waals surface area contributed by atoms with Crippen LogP contribution in [-0.2, 0) is 16.0 Å². The van der Waals surface area contributed by atoms with Crippen molar-refractivity contribution in [2.45, 2.75) is 6.42 Å². The molecule has 6 nitrogen and oxygen atoms in total. The van der Waals surface area contributed by atoms with Gasteiger partial charge in [0.1, 0.15) is 5.75 Å². The summed E-state index contributed by atoms with van der Waals surface area (Å²) in [7, 11) is 2.88. The van der Waals surface area contributed by atoms with Gasteiger partial charge in [0.05, 0.1) is 43.7 Å². The molecule has 0 bridgehead atoms. The Morgan fingerprint density at radius 2 is 2.29 bits per heavy atom. The number of thiazole rings is 1. The van der Waals surface area contributed by atoms with Crippen LogP contribution in [0.2, 0.25) is 0 Å². The number of rotatable bonds is 5. The lowest BCUT2D eigenvalue weighted by Crippen LogP contribution is -2.04. The smallest absolute Gasteiger partial charge is 0.311 e. The summed E-state index contributed by atoms with van der Waals surface area (Å²) in [5.74, 6) is 0.224. The van der Waals surface area contributed by atoms with Gasteiger partial charge >= 0.3 is 5.97 Å². The molecule has 0 radical (unpaired) electrons. The van der Waals surface area contributed by atoms with E-state index < -0.39 is 0 Å². The monoisotopic (exact) mass is 303 g/mol. The molecule has 0 aliphatic heterocycles. The van der Waals surface area contributed by atoms with E-state index in [1.165, 1.54) is 25.6 Å². The molecule has 21 heavy (non-hydrogen) atoms. The number of benzene rings is 1. The second-order valence-corrected chi connectivity index (χ2v) is 4.91. The van der Waals surface area contributed by atoms with Gasteiger partial charge in [-0.05, 0) is 12.1 Å². The van der Waals surface area contributed by atoms with Gasteiger partial charge in [-0.15, -0.1) is 11.3 Å². The van der Waals surface area contributed by atoms with Crippen LogP contribution in [0.4, 0.5) is 10.8 Å². The first kappa shape index (κ1) is 14.8. The predicted molar refractivity (Wildman–Crippen MR) is 78.8 cm³/mol. The SMILES string of the molecule is COC(=O)Cc1csc(Nc2ccc(C#N)cc2OC)n1. The van der Waals surface area contributed by atoms with Gasteiger partial charge in [0.25, 0.3) is 0 Å². The average Bonchev–Trinajstić information content (AvgIpc) is 2.94. The molecule has 0 aliphatic carbocycles. The molecular formula is C14H13N3O3S. The Kier molecular flexibility index (Phi) is 4.74. The van der Waals surface area contributed by atoms with Crippen LogP contribution in [-0.4, -0.2) is 25.2 Å². The number of aromatic nitrogens is 1. The van der Waals surface area contributed by atoms with Crippen molar-refractivity contribution in [3.05, 3.63) is 34.8 Å². The van der Waals surface area contributed by atoms with Crippen molar-refractivity contribution >= 4 is 28.1 Å². The van der Waals surface area contributed by atoms with E-state index in [4.69, 9.17) is 10.00 Å². The maximum atomic E-state index is 11.2. The van der Waals surface area contributed by atoms with Gasteiger partial charge in [-0.25, -0.2) is 4.98 Å². The summed E-state index contributed by atoms with van der Waals surface area (Å²) in [6.07, 6.45) is 0.138. The Morgan fingerprint density at radius 1 is 1.48 bits per heavy atom. The molecule has 1 heterocycles. The van der Waals surface area contributed by atoms with Crippen LogP contribution in [0.1, 0.15) is 11.3 Å². The van der Waals surface area contributed by atoms with E-state index in [0.717, 1.165) is 0 Å². The number of hydrogen-bond donors (Lipinski definition) is 1. The van der Waals surface area contributed by atoms with Crippen molar-refractivity contribution in [3.63, 3.8) is 0 Å². The highest BCUT2D eigenvalue weighted by Gasteiger charge is 2.10. The molecule has 1 aromatic heterocycles. The van der Waals surface area contributed by atoms with E-state index in [1.54, 1.807) is 23.6 Å². The predicted octanol–water partition coefficient (Wildman–Crippen LogP) is 2.48. The summed E-state index contributed by atoms with van der Waals surface area (Å²) in [4.78, 5) is 15.5. The fraction of sp³-hybridized carbons (Fsp3) is 0.214. The van der Waals surface area contributed by atoms with Crippen LogP contribution in [0.5, 0.6) is 5.75 Å². The van der Waals surface area contributed by atoms with Gasteiger partial charge in [-0.3, -0.25) is 4.79 Å². The quantitative estimate of drug-likeness (QED) is 0.854. The van der Waals surface area contributed by atoms with Crippen LogP contribution in [0.15, 0.2) is 23.6 Å². The van der Waals surface area contributed by atoms with Gasteiger partial charge in [-0.1, -0.05) is 0 Å². The highest BCUT2D eigenvalue weighted by molar-refractivity contribution is 7.13. The van der Waals surface area contributed by atoms with E-state index >= 15 is 0 Å². The van der Waals surface area contributed by atoms with Crippen LogP contribution < -0.4 is 10.1 Å². The van der Waals surface area contributed by atoms with E-state index in [0.29, 0.717) is 27.8 Å². The molecule has 7 heteroatoms. The minimum atomic E-state index is -0.331. The second kappa shape index (κ2) is 6.72. The largest absolute Gasteiger partial charge is 0.495 e. The van der Waals surface area contributed by atoms with Crippen molar-refractivity contribution in [2.75, 3.05) is 19.5 Å². The lowest BCUT2D eigenvalue weighted by atomic mass is 10.2. The van der Waals surface area contributed by atoms with Crippen LogP contribution >= 0.6 is 11.3 Å². The van der Waals surface area contributed by atoms with E-state index in [-0.39, 0.29) is 12.4 Å². The maximum Gasteiger partial charge on any atom is 0.311 e. The van der Waals surface area contributed by atoms with Crippen molar-refractivity contribution in [2.24, 2.45) is 0 Å². The van der Waals surface area contributed by atoms with E-state index in [1.807, 2.05) is 0 Å². The molecular weight excluding hydrogens is 290 g/mol. The van der Waals surface area contributed by atoms with E-state index in [9.17, 15) is 4.79 Å². The minimum absolute atomic E-state index is 0.138. The van der Waals surface area contributed by atoms with E-state index in [2.05, 4.69) is 21.1 Å². The molecule has 0 atom stereocenters. The zero-order chi connectivity index (χ0) is 15.2. The highest BCUT2D eigenvalue weighted by Crippen LogP contribution is 2.30. The Balaban J connectivity index is 2.15. The molecule has 108 valence electrons. The standard InChI is InChI=1S/C14H13N3O3S/c1-19-12-5-9(7-15)3-4-11(12)17-14-16-10(8-21-14)6-13(18)20-2/h3-5,8H,6H2,1-2H3,(H,16,17). The molecule has 0 spiro atoms. The van der Waals surface area contributed by atoms with Crippen molar-refractivity contribution < 1.29 is 14.3 Å². The number of anilines is 2. The van der Waals surface area contributed by atoms with Crippen LogP contribution in [0.25, 0.3) is 0 Å². The number of carbonyl (C=O) groups excluding carboxylic acids is 1. The molecule has 2 rings (SSSR count). The number of nitriles is 1. The Labute approximate surface area is 126 Å². The summed E-state index contributed by atoms with van der Waals surface area (Å²) >= 11 is 1.38. The molecule has 0 amide bonds. The van der Waals surface area contributed by atoms with Crippen molar-refractivity contribution in [3.8, 4) is 11.8 Å². The van der Waals surface area contributed by atoms with Gasteiger partial charge in [-0.2, -0.15) is 5.26 Å². The third-order valence-electron chi connectivity index (χ3n) is 2.68. The van der Waals surface area contributed by atoms with Gasteiger partial charge in [0, 0.05) is 11.4 Å². The van der Waals surface area contributed by atoms with Crippen LogP contribution in [0, 0.1) is 11.3 Å². The summed E-state index contributed by atoms with van der Waals surface area (Å²) in [5, 5.41) is 14.4. The Morgan fingerprint density at radius 3 is 2.95 bits per heavy atom. The first-order valence-corrected chi connectivity index (χ1v) is 6.90. The number of methoxy groups -OCH3 is 2. The molecule has 0 aliphatic rings. The second-order valence-electron chi connectivity index (χ2n) is 4.05. The topological polar surface area (TPSA) is 84.2 Å². The minimum Gasteiger partial charge on any atom is -0.495 e. The molecule has 1 aromatic carbocycles. The number of nitrogens with one attached hydrogen (secondary N) is 1. The number of hydrogen-bond acceptors (Lipinski definition) is 7. The van der Waals surface area contributed by atoms with Crippen molar-refractivity contribution in [1.29, 1.82) is 5.26 Å². The zero-order valence-corrected chi connectivity index (χ0v) is 12.4. The van der Waals surface area contributed by atoms with Crippen molar-refractivity contribution in [1.82, 2.24) is 4.98 Å². The lowest BCUT2D eigenvalue weighted by molar-refractivity contribution is -0.139. The molecule has 1 N–H and O–H groups in total. The normalized spacial score (nSPS) is 9.76. The number of esters is 1. The lowest BCUT2D eigenvalue weighted by Gasteiger charge is -2.09. The van der Waals surface area contributed by atoms with Crippen LogP contribution in [0.3, 0.4) is 0 Å². The Bertz CT molecular complexity index is 691. The summed E-state index contributed by atoms with van der Waals surface area (Å²) < 4.78 is 9.84. The fourth-order valence-electron chi connectivity index (χ4n) is 1.64. The van der Waals surface area contributed by atoms with Gasteiger partial charge in [0.15, 0.2) is 5.13 Å². The van der Waals surface area contributed by atoms with Gasteiger partial charge in [0.2, 0.25) is 0 Å². The third-order valence-corrected chi connectivity index (χ3v) is 3.48.